The molecule has 0 bridgehead atoms. The molecular weight excluding hydrogens is 230 g/mol. The van der Waals surface area contributed by atoms with Crippen LogP contribution in [0.3, 0.4) is 0 Å². The second kappa shape index (κ2) is 5.44. The summed E-state index contributed by atoms with van der Waals surface area (Å²) in [6, 6.07) is 4.28. The fourth-order valence-electron chi connectivity index (χ4n) is 2.39. The molecular formula is C13H21N3O2. The molecule has 5 nitrogen and oxygen atoms in total. The van der Waals surface area contributed by atoms with Gasteiger partial charge in [-0.25, -0.2) is 4.79 Å². The maximum absolute atomic E-state index is 11.0. The Bertz CT molecular complexity index is 408. The Morgan fingerprint density at radius 3 is 2.67 bits per heavy atom. The molecule has 0 radical (unpaired) electrons. The van der Waals surface area contributed by atoms with Gasteiger partial charge in [-0.3, -0.25) is 0 Å². The van der Waals surface area contributed by atoms with Crippen molar-refractivity contribution in [3.05, 3.63) is 23.7 Å². The summed E-state index contributed by atoms with van der Waals surface area (Å²) >= 11 is 0. The van der Waals surface area contributed by atoms with E-state index in [4.69, 9.17) is 10.2 Å². The van der Waals surface area contributed by atoms with Crippen LogP contribution in [-0.2, 0) is 0 Å². The van der Waals surface area contributed by atoms with E-state index in [1.54, 1.807) is 4.90 Å². The van der Waals surface area contributed by atoms with Crippen molar-refractivity contribution in [1.82, 2.24) is 10.2 Å². The number of nitrogens with two attached hydrogens (primary N) is 1. The molecule has 2 heterocycles. The first-order chi connectivity index (χ1) is 8.56. The predicted octanol–water partition coefficient (Wildman–Crippen LogP) is 1.78. The lowest BCUT2D eigenvalue weighted by molar-refractivity contribution is 0.181. The van der Waals surface area contributed by atoms with Gasteiger partial charge in [0.1, 0.15) is 11.5 Å². The van der Waals surface area contributed by atoms with Crippen LogP contribution in [0.5, 0.6) is 0 Å². The number of piperidine rings is 1. The number of hydrogen-bond donors (Lipinski definition) is 2. The predicted molar refractivity (Wildman–Crippen MR) is 69.2 cm³/mol. The molecule has 0 aromatic carbocycles. The zero-order valence-electron chi connectivity index (χ0n) is 11.0. The second-order valence-corrected chi connectivity index (χ2v) is 4.94. The van der Waals surface area contributed by atoms with Crippen LogP contribution in [-0.4, -0.2) is 30.1 Å². The molecule has 18 heavy (non-hydrogen) atoms. The standard InChI is InChI=1S/C13H21N3O2/c1-9-3-4-12(18-9)10(2)15-11-5-7-16(8-6-11)13(14)17/h3-4,10-11,15H,5-8H2,1-2H3,(H2,14,17). The average molecular weight is 251 g/mol. The molecule has 5 heteroatoms. The summed E-state index contributed by atoms with van der Waals surface area (Å²) in [6.07, 6.45) is 1.87. The van der Waals surface area contributed by atoms with Gasteiger partial charge in [0.05, 0.1) is 6.04 Å². The van der Waals surface area contributed by atoms with E-state index in [1.165, 1.54) is 0 Å². The first-order valence-electron chi connectivity index (χ1n) is 6.43. The maximum atomic E-state index is 11.0. The highest BCUT2D eigenvalue weighted by Crippen LogP contribution is 2.19. The van der Waals surface area contributed by atoms with E-state index in [1.807, 2.05) is 19.1 Å². The third-order valence-electron chi connectivity index (χ3n) is 3.48. The van der Waals surface area contributed by atoms with Crippen molar-refractivity contribution in [3.8, 4) is 0 Å². The Hall–Kier alpha value is -1.49. The molecule has 0 saturated carbocycles. The van der Waals surface area contributed by atoms with Gasteiger partial charge in [0.15, 0.2) is 0 Å². The van der Waals surface area contributed by atoms with Gasteiger partial charge in [-0.15, -0.1) is 0 Å². The van der Waals surface area contributed by atoms with Crippen LogP contribution in [0, 0.1) is 6.92 Å². The van der Waals surface area contributed by atoms with Crippen molar-refractivity contribution in [2.24, 2.45) is 5.73 Å². The van der Waals surface area contributed by atoms with Gasteiger partial charge < -0.3 is 20.4 Å². The first-order valence-corrected chi connectivity index (χ1v) is 6.43. The highest BCUT2D eigenvalue weighted by Gasteiger charge is 2.23. The molecule has 0 spiro atoms. The summed E-state index contributed by atoms with van der Waals surface area (Å²) in [6.45, 7) is 5.51. The summed E-state index contributed by atoms with van der Waals surface area (Å²) in [5.74, 6) is 1.90. The highest BCUT2D eigenvalue weighted by molar-refractivity contribution is 5.72. The van der Waals surface area contributed by atoms with Gasteiger partial charge in [0, 0.05) is 19.1 Å². The van der Waals surface area contributed by atoms with Gasteiger partial charge >= 0.3 is 6.03 Å². The molecule has 1 unspecified atom stereocenters. The minimum Gasteiger partial charge on any atom is -0.465 e. The van der Waals surface area contributed by atoms with E-state index in [9.17, 15) is 4.79 Å². The lowest BCUT2D eigenvalue weighted by Crippen LogP contribution is -2.47. The minimum atomic E-state index is -0.317. The molecule has 0 aliphatic carbocycles. The van der Waals surface area contributed by atoms with Crippen LogP contribution in [0.25, 0.3) is 0 Å². The number of likely N-dealkylation sites (tertiary alicyclic amines) is 1. The van der Waals surface area contributed by atoms with Crippen molar-refractivity contribution in [2.45, 2.75) is 38.8 Å². The SMILES string of the molecule is Cc1ccc(C(C)NC2CCN(C(N)=O)CC2)o1. The van der Waals surface area contributed by atoms with Crippen LogP contribution in [0.15, 0.2) is 16.5 Å². The zero-order chi connectivity index (χ0) is 13.1. The number of primary amides is 1. The molecule has 1 saturated heterocycles. The minimum absolute atomic E-state index is 0.198. The molecule has 1 aliphatic rings. The number of rotatable bonds is 3. The Balaban J connectivity index is 1.83. The molecule has 1 aromatic heterocycles. The Kier molecular flexibility index (Phi) is 3.91. The molecule has 3 N–H and O–H groups in total. The highest BCUT2D eigenvalue weighted by atomic mass is 16.3. The van der Waals surface area contributed by atoms with E-state index >= 15 is 0 Å². The van der Waals surface area contributed by atoms with Crippen LogP contribution >= 0.6 is 0 Å². The molecule has 1 aliphatic heterocycles. The van der Waals surface area contributed by atoms with Crippen molar-refractivity contribution in [1.29, 1.82) is 0 Å². The number of amides is 2. The largest absolute Gasteiger partial charge is 0.465 e. The Morgan fingerprint density at radius 1 is 1.50 bits per heavy atom. The van der Waals surface area contributed by atoms with Gasteiger partial charge in [0.2, 0.25) is 0 Å². The van der Waals surface area contributed by atoms with Crippen molar-refractivity contribution in [3.63, 3.8) is 0 Å². The fourth-order valence-corrected chi connectivity index (χ4v) is 2.39. The molecule has 1 aromatic rings. The van der Waals surface area contributed by atoms with E-state index in [2.05, 4.69) is 12.2 Å². The van der Waals surface area contributed by atoms with Gasteiger partial charge in [-0.2, -0.15) is 0 Å². The normalized spacial score (nSPS) is 18.9. The summed E-state index contributed by atoms with van der Waals surface area (Å²) in [5, 5.41) is 3.54. The molecule has 1 atom stereocenters. The molecule has 2 amide bonds. The van der Waals surface area contributed by atoms with Crippen LogP contribution in [0.1, 0.15) is 37.3 Å². The zero-order valence-corrected chi connectivity index (χ0v) is 11.0. The van der Waals surface area contributed by atoms with E-state index in [-0.39, 0.29) is 12.1 Å². The van der Waals surface area contributed by atoms with Crippen molar-refractivity contribution >= 4 is 6.03 Å². The summed E-state index contributed by atoms with van der Waals surface area (Å²) in [5.41, 5.74) is 5.26. The van der Waals surface area contributed by atoms with Gasteiger partial charge in [-0.05, 0) is 38.8 Å². The number of carbonyl (C=O) groups is 1. The summed E-state index contributed by atoms with van der Waals surface area (Å²) in [4.78, 5) is 12.7. The van der Waals surface area contributed by atoms with E-state index < -0.39 is 0 Å². The number of nitrogens with one attached hydrogen (secondary N) is 1. The molecule has 2 rings (SSSR count). The quantitative estimate of drug-likeness (QED) is 0.860. The Labute approximate surface area is 107 Å². The number of furan rings is 1. The van der Waals surface area contributed by atoms with Crippen molar-refractivity contribution in [2.75, 3.05) is 13.1 Å². The molecule has 1 fully saturated rings. The number of carbonyl (C=O) groups excluding carboxylic acids is 1. The van der Waals surface area contributed by atoms with Crippen LogP contribution in [0.2, 0.25) is 0 Å². The van der Waals surface area contributed by atoms with Crippen LogP contribution in [0.4, 0.5) is 4.79 Å². The van der Waals surface area contributed by atoms with E-state index in [0.29, 0.717) is 6.04 Å². The third-order valence-corrected chi connectivity index (χ3v) is 3.48. The lowest BCUT2D eigenvalue weighted by Gasteiger charge is -2.32. The van der Waals surface area contributed by atoms with Gasteiger partial charge in [-0.1, -0.05) is 0 Å². The summed E-state index contributed by atoms with van der Waals surface area (Å²) < 4.78 is 5.60. The van der Waals surface area contributed by atoms with E-state index in [0.717, 1.165) is 37.5 Å². The number of nitrogens with zero attached hydrogens (tertiary/aromatic N) is 1. The Morgan fingerprint density at radius 2 is 2.17 bits per heavy atom. The smallest absolute Gasteiger partial charge is 0.314 e. The fraction of sp³-hybridized carbons (Fsp3) is 0.615. The van der Waals surface area contributed by atoms with Gasteiger partial charge in [0.25, 0.3) is 0 Å². The number of urea groups is 1. The topological polar surface area (TPSA) is 71.5 Å². The average Bonchev–Trinajstić information content (AvgIpc) is 2.76. The second-order valence-electron chi connectivity index (χ2n) is 4.94. The lowest BCUT2D eigenvalue weighted by atomic mass is 10.0. The third kappa shape index (κ3) is 3.04. The maximum Gasteiger partial charge on any atom is 0.314 e. The van der Waals surface area contributed by atoms with Crippen LogP contribution < -0.4 is 11.1 Å². The molecule has 100 valence electrons. The number of aryl methyl sites for hydroxylation is 1. The first kappa shape index (κ1) is 13.0. The number of hydrogen-bond acceptors (Lipinski definition) is 3. The monoisotopic (exact) mass is 251 g/mol. The summed E-state index contributed by atoms with van der Waals surface area (Å²) in [7, 11) is 0. The van der Waals surface area contributed by atoms with Crippen molar-refractivity contribution < 1.29 is 9.21 Å².